The van der Waals surface area contributed by atoms with Gasteiger partial charge in [0.15, 0.2) is 5.78 Å². The summed E-state index contributed by atoms with van der Waals surface area (Å²) in [5.74, 6) is -0.490. The van der Waals surface area contributed by atoms with Gasteiger partial charge in [0.05, 0.1) is 28.7 Å². The highest BCUT2D eigenvalue weighted by Gasteiger charge is 2.18. The number of rotatable bonds is 6. The molecule has 1 aromatic heterocycles. The summed E-state index contributed by atoms with van der Waals surface area (Å²) >= 11 is 0. The van der Waals surface area contributed by atoms with Gasteiger partial charge in [-0.2, -0.15) is 0 Å². The maximum Gasteiger partial charge on any atom is 0.340 e. The van der Waals surface area contributed by atoms with E-state index < -0.39 is 5.97 Å². The molecule has 156 valence electrons. The van der Waals surface area contributed by atoms with Crippen LogP contribution in [0.25, 0.3) is 22.1 Å². The van der Waals surface area contributed by atoms with Crippen LogP contribution in [0.1, 0.15) is 39.6 Å². The predicted octanol–water partition coefficient (Wildman–Crippen LogP) is 4.65. The first-order chi connectivity index (χ1) is 15.0. The molecular weight excluding hydrogens is 390 g/mol. The molecule has 0 saturated carbocycles. The first kappa shape index (κ1) is 20.5. The van der Waals surface area contributed by atoms with E-state index in [9.17, 15) is 9.59 Å². The monoisotopic (exact) mass is 413 g/mol. The smallest absolute Gasteiger partial charge is 0.340 e. The lowest BCUT2D eigenvalue weighted by Gasteiger charge is -2.15. The predicted molar refractivity (Wildman–Crippen MR) is 122 cm³/mol. The zero-order valence-corrected chi connectivity index (χ0v) is 17.8. The van der Waals surface area contributed by atoms with Crippen LogP contribution >= 0.6 is 0 Å². The van der Waals surface area contributed by atoms with Gasteiger partial charge >= 0.3 is 5.97 Å². The third-order valence-corrected chi connectivity index (χ3v) is 4.99. The molecule has 0 aliphatic rings. The summed E-state index contributed by atoms with van der Waals surface area (Å²) < 4.78 is 5.36. The molecule has 0 atom stereocenters. The summed E-state index contributed by atoms with van der Waals surface area (Å²) in [6.07, 6.45) is 0.740. The maximum atomic E-state index is 12.8. The summed E-state index contributed by atoms with van der Waals surface area (Å²) in [4.78, 5) is 36.8. The second-order valence-electron chi connectivity index (χ2n) is 7.51. The summed E-state index contributed by atoms with van der Waals surface area (Å²) in [5, 5.41) is 0. The van der Waals surface area contributed by atoms with Crippen molar-refractivity contribution in [3.8, 4) is 0 Å². The maximum absolute atomic E-state index is 12.8. The quantitative estimate of drug-likeness (QED) is 0.260. The van der Waals surface area contributed by atoms with Crippen molar-refractivity contribution in [3.63, 3.8) is 0 Å². The number of benzene rings is 3. The molecule has 0 N–H and O–H groups in total. The molecule has 4 rings (SSSR count). The molecule has 31 heavy (non-hydrogen) atoms. The lowest BCUT2D eigenvalue weighted by atomic mass is 10.0. The van der Waals surface area contributed by atoms with E-state index in [4.69, 9.17) is 9.72 Å². The highest BCUT2D eigenvalue weighted by Crippen LogP contribution is 2.27. The Kier molecular flexibility index (Phi) is 5.62. The molecule has 0 spiro atoms. The van der Waals surface area contributed by atoms with E-state index in [0.29, 0.717) is 45.4 Å². The Balaban J connectivity index is 1.85. The molecule has 0 aliphatic heterocycles. The fourth-order valence-electron chi connectivity index (χ4n) is 3.35. The Morgan fingerprint density at radius 3 is 2.35 bits per heavy atom. The highest BCUT2D eigenvalue weighted by molar-refractivity contribution is 6.11. The van der Waals surface area contributed by atoms with Crippen molar-refractivity contribution in [2.24, 2.45) is 0 Å². The van der Waals surface area contributed by atoms with E-state index in [-0.39, 0.29) is 5.78 Å². The normalized spacial score (nSPS) is 10.9. The third kappa shape index (κ3) is 4.10. The van der Waals surface area contributed by atoms with Gasteiger partial charge in [0.2, 0.25) is 0 Å². The standard InChI is InChI=1S/C25H23N3O3/c1-4-12-31-25(30)19-14-18(28(2)3)15-22-23(19)27-20-11-10-17(13-21(20)26-22)24(29)16-8-6-5-7-9-16/h5-11,13-15H,4,12H2,1-3H3. The van der Waals surface area contributed by atoms with Crippen molar-refractivity contribution >= 4 is 39.5 Å². The van der Waals surface area contributed by atoms with Crippen molar-refractivity contribution in [1.29, 1.82) is 0 Å². The zero-order chi connectivity index (χ0) is 22.0. The SMILES string of the molecule is CCCOC(=O)c1cc(N(C)C)cc2nc3cc(C(=O)c4ccccc4)ccc3nc12. The first-order valence-electron chi connectivity index (χ1n) is 10.2. The van der Waals surface area contributed by atoms with Crippen LogP contribution in [0.2, 0.25) is 0 Å². The summed E-state index contributed by atoms with van der Waals surface area (Å²) in [5.41, 5.74) is 4.63. The lowest BCUT2D eigenvalue weighted by molar-refractivity contribution is 0.0507. The van der Waals surface area contributed by atoms with Crippen molar-refractivity contribution in [2.75, 3.05) is 25.6 Å². The molecule has 0 unspecified atom stereocenters. The molecule has 0 saturated heterocycles. The van der Waals surface area contributed by atoms with Crippen molar-refractivity contribution in [1.82, 2.24) is 9.97 Å². The fourth-order valence-corrected chi connectivity index (χ4v) is 3.35. The van der Waals surface area contributed by atoms with Gasteiger partial charge in [-0.25, -0.2) is 14.8 Å². The summed E-state index contributed by atoms with van der Waals surface area (Å²) in [6, 6.07) is 18.0. The van der Waals surface area contributed by atoms with Crippen molar-refractivity contribution in [3.05, 3.63) is 77.4 Å². The lowest BCUT2D eigenvalue weighted by Crippen LogP contribution is -2.13. The number of anilines is 1. The van der Waals surface area contributed by atoms with Gasteiger partial charge in [0.1, 0.15) is 5.52 Å². The van der Waals surface area contributed by atoms with Crippen LogP contribution in [0.5, 0.6) is 0 Å². The summed E-state index contributed by atoms with van der Waals surface area (Å²) in [7, 11) is 3.79. The second kappa shape index (κ2) is 8.52. The molecule has 3 aromatic carbocycles. The third-order valence-electron chi connectivity index (χ3n) is 4.99. The Morgan fingerprint density at radius 1 is 0.871 bits per heavy atom. The molecule has 4 aromatic rings. The molecular formula is C25H23N3O3. The van der Waals surface area contributed by atoms with Crippen LogP contribution < -0.4 is 4.90 Å². The topological polar surface area (TPSA) is 72.4 Å². The van der Waals surface area contributed by atoms with Gasteiger partial charge < -0.3 is 9.64 Å². The van der Waals surface area contributed by atoms with Crippen molar-refractivity contribution in [2.45, 2.75) is 13.3 Å². The number of fused-ring (bicyclic) bond motifs is 2. The van der Waals surface area contributed by atoms with E-state index in [1.807, 2.05) is 50.2 Å². The fraction of sp³-hybridized carbons (Fsp3) is 0.200. The van der Waals surface area contributed by atoms with Gasteiger partial charge in [0.25, 0.3) is 0 Å². The Hall–Kier alpha value is -3.80. The van der Waals surface area contributed by atoms with Crippen LogP contribution in [0.4, 0.5) is 5.69 Å². The molecule has 6 heteroatoms. The van der Waals surface area contributed by atoms with Gasteiger partial charge in [-0.15, -0.1) is 0 Å². The number of hydrogen-bond acceptors (Lipinski definition) is 6. The molecule has 0 radical (unpaired) electrons. The zero-order valence-electron chi connectivity index (χ0n) is 17.8. The first-order valence-corrected chi connectivity index (χ1v) is 10.2. The largest absolute Gasteiger partial charge is 0.462 e. The number of ketones is 1. The summed E-state index contributed by atoms with van der Waals surface area (Å²) in [6.45, 7) is 2.29. The van der Waals surface area contributed by atoms with E-state index in [1.165, 1.54) is 0 Å². The number of hydrogen-bond donors (Lipinski definition) is 0. The van der Waals surface area contributed by atoms with E-state index in [0.717, 1.165) is 12.1 Å². The van der Waals surface area contributed by atoms with E-state index in [1.54, 1.807) is 36.4 Å². The molecule has 1 heterocycles. The highest BCUT2D eigenvalue weighted by atomic mass is 16.5. The number of ether oxygens (including phenoxy) is 1. The number of carbonyl (C=O) groups excluding carboxylic acids is 2. The average molecular weight is 413 g/mol. The average Bonchev–Trinajstić information content (AvgIpc) is 2.80. The Bertz CT molecular complexity index is 1280. The number of carbonyl (C=O) groups is 2. The molecule has 0 amide bonds. The number of esters is 1. The van der Waals surface area contributed by atoms with Crippen LogP contribution in [-0.2, 0) is 4.74 Å². The minimum absolute atomic E-state index is 0.0738. The van der Waals surface area contributed by atoms with Crippen LogP contribution in [0, 0.1) is 0 Å². The second-order valence-corrected chi connectivity index (χ2v) is 7.51. The molecule has 0 bridgehead atoms. The number of aromatic nitrogens is 2. The minimum atomic E-state index is -0.417. The van der Waals surface area contributed by atoms with Gasteiger partial charge in [-0.1, -0.05) is 37.3 Å². The van der Waals surface area contributed by atoms with Crippen LogP contribution in [0.3, 0.4) is 0 Å². The number of nitrogens with zero attached hydrogens (tertiary/aromatic N) is 3. The van der Waals surface area contributed by atoms with Gasteiger partial charge in [0, 0.05) is 30.9 Å². The molecule has 6 nitrogen and oxygen atoms in total. The Morgan fingerprint density at radius 2 is 1.65 bits per heavy atom. The Labute approximate surface area is 180 Å². The van der Waals surface area contributed by atoms with Crippen molar-refractivity contribution < 1.29 is 14.3 Å². The van der Waals surface area contributed by atoms with Gasteiger partial charge in [-0.05, 0) is 36.8 Å². The van der Waals surface area contributed by atoms with Crippen LogP contribution in [-0.4, -0.2) is 42.4 Å². The van der Waals surface area contributed by atoms with E-state index >= 15 is 0 Å². The minimum Gasteiger partial charge on any atom is -0.462 e. The van der Waals surface area contributed by atoms with E-state index in [2.05, 4.69) is 4.98 Å². The molecule has 0 aliphatic carbocycles. The van der Waals surface area contributed by atoms with Gasteiger partial charge in [-0.3, -0.25) is 4.79 Å². The molecule has 0 fully saturated rings. The van der Waals surface area contributed by atoms with Crippen LogP contribution in [0.15, 0.2) is 60.7 Å².